The zero-order chi connectivity index (χ0) is 20.8. The zero-order valence-corrected chi connectivity index (χ0v) is 17.4. The van der Waals surface area contributed by atoms with Crippen molar-refractivity contribution >= 4 is 23.6 Å². The average Bonchev–Trinajstić information content (AvgIpc) is 2.70. The minimum Gasteiger partial charge on any atom is -0.337 e. The van der Waals surface area contributed by atoms with E-state index in [1.165, 1.54) is 0 Å². The molecule has 1 aliphatic rings. The van der Waals surface area contributed by atoms with E-state index >= 15 is 0 Å². The molecule has 5 nitrogen and oxygen atoms in total. The van der Waals surface area contributed by atoms with Gasteiger partial charge in [-0.15, -0.1) is 0 Å². The summed E-state index contributed by atoms with van der Waals surface area (Å²) in [7, 11) is 0. The third kappa shape index (κ3) is 5.55. The molecule has 1 aliphatic heterocycles. The maximum atomic E-state index is 12.5. The molecule has 152 valence electrons. The van der Waals surface area contributed by atoms with Gasteiger partial charge >= 0.3 is 0 Å². The molecule has 2 aromatic carbocycles. The number of hydrogen-bond donors (Lipinski definition) is 1. The van der Waals surface area contributed by atoms with Gasteiger partial charge in [0.25, 0.3) is 0 Å². The van der Waals surface area contributed by atoms with Gasteiger partial charge in [0.05, 0.1) is 6.54 Å². The quantitative estimate of drug-likeness (QED) is 0.795. The van der Waals surface area contributed by atoms with Crippen molar-refractivity contribution in [3.05, 3.63) is 70.8 Å². The van der Waals surface area contributed by atoms with Crippen molar-refractivity contribution in [1.82, 2.24) is 9.80 Å². The number of amides is 2. The Kier molecular flexibility index (Phi) is 6.83. The van der Waals surface area contributed by atoms with E-state index in [1.54, 1.807) is 6.08 Å². The summed E-state index contributed by atoms with van der Waals surface area (Å²) in [6.07, 6.45) is 3.52. The number of piperazine rings is 1. The van der Waals surface area contributed by atoms with E-state index in [4.69, 9.17) is 0 Å². The second-order valence-electron chi connectivity index (χ2n) is 7.61. The molecular formula is C24H29N3O2. The van der Waals surface area contributed by atoms with Crippen molar-refractivity contribution in [3.8, 4) is 0 Å². The van der Waals surface area contributed by atoms with Gasteiger partial charge in [0, 0.05) is 37.9 Å². The van der Waals surface area contributed by atoms with E-state index < -0.39 is 0 Å². The van der Waals surface area contributed by atoms with Crippen LogP contribution in [0.5, 0.6) is 0 Å². The first kappa shape index (κ1) is 20.8. The van der Waals surface area contributed by atoms with Crippen LogP contribution in [0.3, 0.4) is 0 Å². The summed E-state index contributed by atoms with van der Waals surface area (Å²) < 4.78 is 0. The molecule has 0 unspecified atom stereocenters. The molecule has 0 spiro atoms. The molecule has 3 rings (SSSR count). The Morgan fingerprint density at radius 3 is 2.17 bits per heavy atom. The van der Waals surface area contributed by atoms with Crippen molar-refractivity contribution in [2.45, 2.75) is 20.8 Å². The van der Waals surface area contributed by atoms with Gasteiger partial charge in [0.2, 0.25) is 11.8 Å². The Bertz CT molecular complexity index is 892. The summed E-state index contributed by atoms with van der Waals surface area (Å²) in [5, 5.41) is 3.03. The van der Waals surface area contributed by atoms with Gasteiger partial charge < -0.3 is 10.2 Å². The number of nitrogens with one attached hydrogen (secondary N) is 1. The summed E-state index contributed by atoms with van der Waals surface area (Å²) >= 11 is 0. The van der Waals surface area contributed by atoms with Crippen LogP contribution in [-0.2, 0) is 9.59 Å². The van der Waals surface area contributed by atoms with Gasteiger partial charge in [-0.25, -0.2) is 0 Å². The van der Waals surface area contributed by atoms with Crippen LogP contribution in [-0.4, -0.2) is 54.3 Å². The lowest BCUT2D eigenvalue weighted by atomic mass is 10.1. The van der Waals surface area contributed by atoms with Crippen molar-refractivity contribution in [2.24, 2.45) is 0 Å². The average molecular weight is 392 g/mol. The third-order valence-electron chi connectivity index (χ3n) is 5.39. The molecule has 29 heavy (non-hydrogen) atoms. The van der Waals surface area contributed by atoms with E-state index in [0.717, 1.165) is 27.9 Å². The highest BCUT2D eigenvalue weighted by Gasteiger charge is 2.21. The van der Waals surface area contributed by atoms with Gasteiger partial charge in [-0.05, 0) is 49.1 Å². The van der Waals surface area contributed by atoms with Gasteiger partial charge in [-0.3, -0.25) is 14.5 Å². The first-order valence-corrected chi connectivity index (χ1v) is 10.0. The van der Waals surface area contributed by atoms with Gasteiger partial charge in [-0.2, -0.15) is 0 Å². The predicted molar refractivity (Wildman–Crippen MR) is 118 cm³/mol. The first-order valence-electron chi connectivity index (χ1n) is 10.0. The highest BCUT2D eigenvalue weighted by molar-refractivity contribution is 5.94. The topological polar surface area (TPSA) is 52.7 Å². The fraction of sp³-hybridized carbons (Fsp3) is 0.333. The van der Waals surface area contributed by atoms with Crippen molar-refractivity contribution < 1.29 is 9.59 Å². The highest BCUT2D eigenvalue weighted by Crippen LogP contribution is 2.19. The van der Waals surface area contributed by atoms with Crippen LogP contribution in [0.2, 0.25) is 0 Å². The van der Waals surface area contributed by atoms with E-state index in [2.05, 4.69) is 10.2 Å². The minimum absolute atomic E-state index is 0.0124. The molecule has 2 aromatic rings. The Hall–Kier alpha value is -2.92. The Labute approximate surface area is 173 Å². The lowest BCUT2D eigenvalue weighted by Gasteiger charge is -2.33. The molecule has 0 bridgehead atoms. The Balaban J connectivity index is 1.48. The van der Waals surface area contributed by atoms with Crippen LogP contribution in [0.15, 0.2) is 48.5 Å². The molecule has 0 aromatic heterocycles. The number of anilines is 1. The largest absolute Gasteiger partial charge is 0.337 e. The zero-order valence-electron chi connectivity index (χ0n) is 17.4. The number of carbonyl (C=O) groups excluding carboxylic acids is 2. The molecule has 5 heteroatoms. The number of nitrogens with zero attached hydrogens (tertiary/aromatic N) is 2. The van der Waals surface area contributed by atoms with Crippen LogP contribution >= 0.6 is 0 Å². The molecular weight excluding hydrogens is 362 g/mol. The summed E-state index contributed by atoms with van der Waals surface area (Å²) in [4.78, 5) is 28.9. The van der Waals surface area contributed by atoms with Crippen molar-refractivity contribution in [1.29, 1.82) is 0 Å². The normalized spacial score (nSPS) is 14.9. The van der Waals surface area contributed by atoms with Gasteiger partial charge in [0.15, 0.2) is 0 Å². The number of para-hydroxylation sites is 1. The van der Waals surface area contributed by atoms with E-state index in [0.29, 0.717) is 32.7 Å². The summed E-state index contributed by atoms with van der Waals surface area (Å²) in [6, 6.07) is 14.0. The molecule has 0 aliphatic carbocycles. The maximum Gasteiger partial charge on any atom is 0.246 e. The highest BCUT2D eigenvalue weighted by atomic mass is 16.2. The number of aryl methyl sites for hydroxylation is 3. The molecule has 0 radical (unpaired) electrons. The number of benzene rings is 2. The van der Waals surface area contributed by atoms with Crippen molar-refractivity contribution in [2.75, 3.05) is 38.0 Å². The molecule has 1 N–H and O–H groups in total. The molecule has 1 saturated heterocycles. The molecule has 1 heterocycles. The lowest BCUT2D eigenvalue weighted by molar-refractivity contribution is -0.127. The van der Waals surface area contributed by atoms with Gasteiger partial charge in [0.1, 0.15) is 0 Å². The summed E-state index contributed by atoms with van der Waals surface area (Å²) in [5.74, 6) is 0.00881. The SMILES string of the molecule is Cc1ccccc1C=CC(=O)N1CCN(CC(=O)Nc2c(C)cccc2C)CC1. The minimum atomic E-state index is -0.0124. The van der Waals surface area contributed by atoms with Crippen molar-refractivity contribution in [3.63, 3.8) is 0 Å². The molecule has 0 saturated carbocycles. The van der Waals surface area contributed by atoms with Crippen LogP contribution in [0.25, 0.3) is 6.08 Å². The van der Waals surface area contributed by atoms with E-state index in [9.17, 15) is 9.59 Å². The fourth-order valence-electron chi connectivity index (χ4n) is 3.56. The van der Waals surface area contributed by atoms with E-state index in [1.807, 2.05) is 74.2 Å². The van der Waals surface area contributed by atoms with Crippen LogP contribution < -0.4 is 5.32 Å². The predicted octanol–water partition coefficient (Wildman–Crippen LogP) is 3.41. The number of rotatable bonds is 5. The second-order valence-corrected chi connectivity index (χ2v) is 7.61. The van der Waals surface area contributed by atoms with Crippen LogP contribution in [0, 0.1) is 20.8 Å². The monoisotopic (exact) mass is 391 g/mol. The standard InChI is InChI=1S/C24H29N3O2/c1-18-7-4-5-10-21(18)11-12-23(29)27-15-13-26(14-16-27)17-22(28)25-24-19(2)8-6-9-20(24)3/h4-12H,13-17H2,1-3H3,(H,25,28). The lowest BCUT2D eigenvalue weighted by Crippen LogP contribution is -2.50. The summed E-state index contributed by atoms with van der Waals surface area (Å²) in [5.41, 5.74) is 5.23. The Morgan fingerprint density at radius 1 is 0.897 bits per heavy atom. The number of carbonyl (C=O) groups is 2. The number of hydrogen-bond acceptors (Lipinski definition) is 3. The fourth-order valence-corrected chi connectivity index (χ4v) is 3.56. The van der Waals surface area contributed by atoms with Crippen LogP contribution in [0.4, 0.5) is 5.69 Å². The smallest absolute Gasteiger partial charge is 0.246 e. The Morgan fingerprint density at radius 2 is 1.52 bits per heavy atom. The molecule has 2 amide bonds. The van der Waals surface area contributed by atoms with Crippen LogP contribution in [0.1, 0.15) is 22.3 Å². The molecule has 1 fully saturated rings. The van der Waals surface area contributed by atoms with E-state index in [-0.39, 0.29) is 11.8 Å². The summed E-state index contributed by atoms with van der Waals surface area (Å²) in [6.45, 7) is 9.03. The first-order chi connectivity index (χ1) is 13.9. The third-order valence-corrected chi connectivity index (χ3v) is 5.39. The second kappa shape index (κ2) is 9.52. The van der Waals surface area contributed by atoms with Gasteiger partial charge in [-0.1, -0.05) is 42.5 Å². The molecule has 0 atom stereocenters. The maximum absolute atomic E-state index is 12.5.